The van der Waals surface area contributed by atoms with Gasteiger partial charge in [0.2, 0.25) is 0 Å². The Balaban J connectivity index is 2.69. The SMILES string of the molecule is Cc1c(C)c2nccnc2c2ncccc12. The van der Waals surface area contributed by atoms with Crippen molar-refractivity contribution in [2.45, 2.75) is 13.8 Å². The van der Waals surface area contributed by atoms with E-state index in [9.17, 15) is 0 Å². The molecule has 3 aromatic rings. The van der Waals surface area contributed by atoms with E-state index in [4.69, 9.17) is 0 Å². The van der Waals surface area contributed by atoms with Crippen molar-refractivity contribution >= 4 is 21.9 Å². The van der Waals surface area contributed by atoms with E-state index in [0.29, 0.717) is 0 Å². The third-order valence-electron chi connectivity index (χ3n) is 3.05. The summed E-state index contributed by atoms with van der Waals surface area (Å²) in [5.74, 6) is 0. The molecule has 0 spiro atoms. The van der Waals surface area contributed by atoms with Gasteiger partial charge in [-0.15, -0.1) is 0 Å². The van der Waals surface area contributed by atoms with E-state index < -0.39 is 0 Å². The van der Waals surface area contributed by atoms with Crippen molar-refractivity contribution in [3.63, 3.8) is 0 Å². The van der Waals surface area contributed by atoms with Crippen LogP contribution in [0.5, 0.6) is 0 Å². The van der Waals surface area contributed by atoms with Crippen molar-refractivity contribution in [2.24, 2.45) is 0 Å². The molecular weight excluding hydrogens is 198 g/mol. The van der Waals surface area contributed by atoms with E-state index in [1.54, 1.807) is 18.6 Å². The molecule has 3 heteroatoms. The van der Waals surface area contributed by atoms with Gasteiger partial charge in [-0.25, -0.2) is 0 Å². The number of nitrogens with zero attached hydrogens (tertiary/aromatic N) is 3. The summed E-state index contributed by atoms with van der Waals surface area (Å²) in [5, 5.41) is 1.16. The summed E-state index contributed by atoms with van der Waals surface area (Å²) in [7, 11) is 0. The fraction of sp³-hybridized carbons (Fsp3) is 0.154. The molecule has 0 atom stereocenters. The van der Waals surface area contributed by atoms with Gasteiger partial charge in [0.15, 0.2) is 0 Å². The van der Waals surface area contributed by atoms with Gasteiger partial charge in [0.05, 0.1) is 11.0 Å². The molecule has 16 heavy (non-hydrogen) atoms. The summed E-state index contributed by atoms with van der Waals surface area (Å²) < 4.78 is 0. The molecule has 0 unspecified atom stereocenters. The first-order chi connectivity index (χ1) is 7.79. The van der Waals surface area contributed by atoms with Crippen LogP contribution in [0.3, 0.4) is 0 Å². The van der Waals surface area contributed by atoms with E-state index in [1.165, 1.54) is 11.1 Å². The lowest BCUT2D eigenvalue weighted by molar-refractivity contribution is 1.25. The highest BCUT2D eigenvalue weighted by atomic mass is 14.8. The maximum Gasteiger partial charge on any atom is 0.115 e. The van der Waals surface area contributed by atoms with Gasteiger partial charge in [-0.2, -0.15) is 0 Å². The molecule has 2 aromatic heterocycles. The summed E-state index contributed by atoms with van der Waals surface area (Å²) in [6.07, 6.45) is 5.24. The first-order valence-electron chi connectivity index (χ1n) is 5.23. The summed E-state index contributed by atoms with van der Waals surface area (Å²) >= 11 is 0. The summed E-state index contributed by atoms with van der Waals surface area (Å²) in [6.45, 7) is 4.19. The Morgan fingerprint density at radius 3 is 2.25 bits per heavy atom. The van der Waals surface area contributed by atoms with Crippen molar-refractivity contribution in [2.75, 3.05) is 0 Å². The lowest BCUT2D eigenvalue weighted by Crippen LogP contribution is -1.93. The number of hydrogen-bond acceptors (Lipinski definition) is 3. The largest absolute Gasteiger partial charge is 0.254 e. The Hall–Kier alpha value is -2.03. The standard InChI is InChI=1S/C13H11N3/c1-8-9(2)11-13(16-7-6-15-11)12-10(8)4-3-5-14-12/h3-7H,1-2H3. The Morgan fingerprint density at radius 1 is 0.750 bits per heavy atom. The van der Waals surface area contributed by atoms with Gasteiger partial charge in [0.1, 0.15) is 5.52 Å². The lowest BCUT2D eigenvalue weighted by atomic mass is 10.0. The molecule has 0 N–H and O–H groups in total. The second-order valence-corrected chi connectivity index (χ2v) is 3.90. The predicted octanol–water partition coefficient (Wildman–Crippen LogP) is 2.79. The molecule has 3 rings (SSSR count). The van der Waals surface area contributed by atoms with E-state index in [-0.39, 0.29) is 0 Å². The molecule has 0 aliphatic carbocycles. The Morgan fingerprint density at radius 2 is 1.44 bits per heavy atom. The summed E-state index contributed by atoms with van der Waals surface area (Å²) in [6, 6.07) is 4.04. The minimum atomic E-state index is 0.890. The van der Waals surface area contributed by atoms with Crippen LogP contribution in [0.1, 0.15) is 11.1 Å². The highest BCUT2D eigenvalue weighted by Gasteiger charge is 2.10. The maximum absolute atomic E-state index is 4.41. The average molecular weight is 209 g/mol. The summed E-state index contributed by atoms with van der Waals surface area (Å²) in [4.78, 5) is 13.2. The van der Waals surface area contributed by atoms with Crippen LogP contribution in [0.4, 0.5) is 0 Å². The van der Waals surface area contributed by atoms with Gasteiger partial charge in [-0.05, 0) is 31.0 Å². The third kappa shape index (κ3) is 1.11. The molecule has 3 nitrogen and oxygen atoms in total. The van der Waals surface area contributed by atoms with Crippen LogP contribution in [-0.2, 0) is 0 Å². The molecule has 0 radical (unpaired) electrons. The normalized spacial score (nSPS) is 11.1. The zero-order valence-electron chi connectivity index (χ0n) is 9.23. The van der Waals surface area contributed by atoms with Gasteiger partial charge >= 0.3 is 0 Å². The van der Waals surface area contributed by atoms with Crippen molar-refractivity contribution in [3.05, 3.63) is 41.9 Å². The average Bonchev–Trinajstić information content (AvgIpc) is 2.36. The first kappa shape index (κ1) is 9.21. The second-order valence-electron chi connectivity index (χ2n) is 3.90. The fourth-order valence-corrected chi connectivity index (χ4v) is 2.06. The number of rotatable bonds is 0. The van der Waals surface area contributed by atoms with Crippen LogP contribution in [-0.4, -0.2) is 15.0 Å². The minimum Gasteiger partial charge on any atom is -0.254 e. The highest BCUT2D eigenvalue weighted by molar-refractivity contribution is 6.04. The lowest BCUT2D eigenvalue weighted by Gasteiger charge is -2.08. The quantitative estimate of drug-likeness (QED) is 0.534. The van der Waals surface area contributed by atoms with E-state index in [0.717, 1.165) is 21.9 Å². The molecule has 0 aliphatic rings. The number of aromatic nitrogens is 3. The monoisotopic (exact) mass is 209 g/mol. The Bertz CT molecular complexity index is 628. The van der Waals surface area contributed by atoms with Crippen molar-refractivity contribution < 1.29 is 0 Å². The molecular formula is C13H11N3. The zero-order valence-corrected chi connectivity index (χ0v) is 9.23. The van der Waals surface area contributed by atoms with Gasteiger partial charge in [0, 0.05) is 24.0 Å². The molecule has 2 heterocycles. The molecule has 0 saturated heterocycles. The molecule has 0 fully saturated rings. The van der Waals surface area contributed by atoms with Crippen LogP contribution in [0, 0.1) is 13.8 Å². The summed E-state index contributed by atoms with van der Waals surface area (Å²) in [5.41, 5.74) is 5.20. The number of pyridine rings is 1. The van der Waals surface area contributed by atoms with E-state index in [1.807, 2.05) is 6.07 Å². The second kappa shape index (κ2) is 3.23. The maximum atomic E-state index is 4.41. The zero-order chi connectivity index (χ0) is 11.1. The minimum absolute atomic E-state index is 0.890. The number of benzene rings is 1. The molecule has 0 saturated carbocycles. The molecule has 1 aromatic carbocycles. The van der Waals surface area contributed by atoms with Gasteiger partial charge in [-0.1, -0.05) is 6.07 Å². The Kier molecular flexibility index (Phi) is 1.86. The van der Waals surface area contributed by atoms with Crippen LogP contribution in [0.25, 0.3) is 21.9 Å². The number of fused-ring (bicyclic) bond motifs is 3. The van der Waals surface area contributed by atoms with Gasteiger partial charge < -0.3 is 0 Å². The Labute approximate surface area is 93.2 Å². The van der Waals surface area contributed by atoms with E-state index in [2.05, 4.69) is 34.9 Å². The smallest absolute Gasteiger partial charge is 0.115 e. The van der Waals surface area contributed by atoms with Crippen LogP contribution in [0.2, 0.25) is 0 Å². The topological polar surface area (TPSA) is 38.7 Å². The molecule has 78 valence electrons. The van der Waals surface area contributed by atoms with Crippen molar-refractivity contribution in [1.29, 1.82) is 0 Å². The van der Waals surface area contributed by atoms with Gasteiger partial charge in [0.25, 0.3) is 0 Å². The molecule has 0 bridgehead atoms. The third-order valence-corrected chi connectivity index (χ3v) is 3.05. The van der Waals surface area contributed by atoms with Gasteiger partial charge in [-0.3, -0.25) is 15.0 Å². The molecule has 0 amide bonds. The predicted molar refractivity (Wildman–Crippen MR) is 64.3 cm³/mol. The van der Waals surface area contributed by atoms with E-state index >= 15 is 0 Å². The van der Waals surface area contributed by atoms with Crippen LogP contribution < -0.4 is 0 Å². The van der Waals surface area contributed by atoms with Crippen molar-refractivity contribution in [3.8, 4) is 0 Å². The van der Waals surface area contributed by atoms with Crippen LogP contribution >= 0.6 is 0 Å². The highest BCUT2D eigenvalue weighted by Crippen LogP contribution is 2.27. The molecule has 0 aliphatic heterocycles. The number of aryl methyl sites for hydroxylation is 2. The van der Waals surface area contributed by atoms with Crippen LogP contribution in [0.15, 0.2) is 30.7 Å². The van der Waals surface area contributed by atoms with Crippen molar-refractivity contribution in [1.82, 2.24) is 15.0 Å². The fourth-order valence-electron chi connectivity index (χ4n) is 2.06. The first-order valence-corrected chi connectivity index (χ1v) is 5.23. The number of hydrogen-bond donors (Lipinski definition) is 0.